The summed E-state index contributed by atoms with van der Waals surface area (Å²) in [5, 5.41) is 14.4. The molecule has 0 unspecified atom stereocenters. The third-order valence-electron chi connectivity index (χ3n) is 9.83. The highest BCUT2D eigenvalue weighted by Gasteiger charge is 2.28. The van der Waals surface area contributed by atoms with Gasteiger partial charge in [0.25, 0.3) is 17.0 Å². The van der Waals surface area contributed by atoms with Crippen LogP contribution in [0.5, 0.6) is 0 Å². The minimum Gasteiger partial charge on any atom is -0.358 e. The van der Waals surface area contributed by atoms with E-state index in [1.54, 1.807) is 68.5 Å². The Balaban J connectivity index is 0.000000184. The number of H-pyrrole nitrogens is 2. The van der Waals surface area contributed by atoms with Crippen molar-refractivity contribution < 1.29 is 9.59 Å². The molecule has 16 nitrogen and oxygen atoms in total. The van der Waals surface area contributed by atoms with Crippen molar-refractivity contribution in [2.24, 2.45) is 0 Å². The van der Waals surface area contributed by atoms with Crippen LogP contribution in [0, 0.1) is 0 Å². The van der Waals surface area contributed by atoms with Crippen molar-refractivity contribution in [3.05, 3.63) is 154 Å². The summed E-state index contributed by atoms with van der Waals surface area (Å²) in [5.41, 5.74) is 4.54. The molecule has 0 aliphatic rings. The number of likely N-dealkylation sites (N-methyl/N-ethyl adjacent to an activating group) is 1. The third-order valence-corrected chi connectivity index (χ3v) is 9.83. The third kappa shape index (κ3) is 9.28. The molecule has 0 aliphatic carbocycles. The second kappa shape index (κ2) is 18.2. The highest BCUT2D eigenvalue weighted by atomic mass is 16.2. The monoisotopic (exact) mass is 814 g/mol. The smallest absolute Gasteiger partial charge is 0.259 e. The second-order valence-corrected chi connectivity index (χ2v) is 14.4. The quantitative estimate of drug-likeness (QED) is 0.0833. The molecule has 8 rings (SSSR count). The first-order valence-corrected chi connectivity index (χ1v) is 19.4. The van der Waals surface area contributed by atoms with Crippen LogP contribution in [-0.2, 0) is 10.2 Å². The number of fused-ring (bicyclic) bond motifs is 2. The van der Waals surface area contributed by atoms with E-state index in [0.29, 0.717) is 51.6 Å². The maximum Gasteiger partial charge on any atom is 0.259 e. The van der Waals surface area contributed by atoms with Gasteiger partial charge in [-0.1, -0.05) is 19.1 Å². The molecule has 61 heavy (non-hydrogen) atoms. The van der Waals surface area contributed by atoms with Crippen LogP contribution in [0.4, 0.5) is 23.0 Å². The summed E-state index contributed by atoms with van der Waals surface area (Å²) in [6.07, 6.45) is 13.7. The molecule has 306 valence electrons. The number of amides is 2. The largest absolute Gasteiger partial charge is 0.358 e. The fraction of sp³-hybridized carbons (Fsp3) is 0.156. The van der Waals surface area contributed by atoms with E-state index in [2.05, 4.69) is 61.1 Å². The molecule has 0 atom stereocenters. The number of pyridine rings is 4. The fourth-order valence-electron chi connectivity index (χ4n) is 6.50. The zero-order valence-electron chi connectivity index (χ0n) is 33.8. The van der Waals surface area contributed by atoms with Crippen molar-refractivity contribution in [2.75, 3.05) is 24.2 Å². The van der Waals surface area contributed by atoms with Gasteiger partial charge in [-0.2, -0.15) is 0 Å². The summed E-state index contributed by atoms with van der Waals surface area (Å²) in [4.78, 5) is 80.2. The van der Waals surface area contributed by atoms with Gasteiger partial charge in [0, 0.05) is 78.8 Å². The lowest BCUT2D eigenvalue weighted by Gasteiger charge is -2.23. The van der Waals surface area contributed by atoms with Crippen LogP contribution >= 0.6 is 0 Å². The Bertz CT molecular complexity index is 2940. The molecular weight excluding hydrogens is 773 g/mol. The van der Waals surface area contributed by atoms with Crippen molar-refractivity contribution in [1.29, 1.82) is 0 Å². The van der Waals surface area contributed by atoms with Crippen molar-refractivity contribution in [3.8, 4) is 22.5 Å². The van der Waals surface area contributed by atoms with Gasteiger partial charge in [0.1, 0.15) is 24.3 Å². The van der Waals surface area contributed by atoms with Gasteiger partial charge in [-0.25, -0.2) is 29.9 Å². The molecule has 8 aromatic rings. The lowest BCUT2D eigenvalue weighted by Crippen LogP contribution is -2.37. The number of carbonyl (C=O) groups excluding carboxylic acids is 2. The molecule has 0 saturated carbocycles. The number of nitrogens with zero attached hydrogens (tertiary/aromatic N) is 6. The van der Waals surface area contributed by atoms with Crippen molar-refractivity contribution in [2.45, 2.75) is 32.6 Å². The summed E-state index contributed by atoms with van der Waals surface area (Å²) >= 11 is 0. The van der Waals surface area contributed by atoms with Crippen LogP contribution in [0.25, 0.3) is 44.1 Å². The first-order valence-electron chi connectivity index (χ1n) is 19.4. The molecule has 0 radical (unpaired) electrons. The molecule has 2 amide bonds. The number of anilines is 4. The molecule has 16 heteroatoms. The number of aromatic nitrogens is 8. The van der Waals surface area contributed by atoms with Gasteiger partial charge in [0.05, 0.1) is 27.6 Å². The van der Waals surface area contributed by atoms with E-state index in [9.17, 15) is 19.2 Å². The summed E-state index contributed by atoms with van der Waals surface area (Å²) in [7, 11) is 1.62. The van der Waals surface area contributed by atoms with Gasteiger partial charge in [0.15, 0.2) is 0 Å². The zero-order chi connectivity index (χ0) is 42.9. The van der Waals surface area contributed by atoms with Gasteiger partial charge in [-0.3, -0.25) is 19.2 Å². The molecule has 6 heterocycles. The minimum atomic E-state index is -0.664. The van der Waals surface area contributed by atoms with Crippen molar-refractivity contribution in [3.63, 3.8) is 0 Å². The summed E-state index contributed by atoms with van der Waals surface area (Å²) in [5.74, 6) is 0.660. The summed E-state index contributed by atoms with van der Waals surface area (Å²) < 4.78 is 0. The fourth-order valence-corrected chi connectivity index (χ4v) is 6.50. The van der Waals surface area contributed by atoms with E-state index in [1.165, 1.54) is 12.7 Å². The van der Waals surface area contributed by atoms with Crippen molar-refractivity contribution >= 4 is 56.4 Å². The topological polar surface area (TPSA) is 225 Å². The Morgan fingerprint density at radius 1 is 0.656 bits per heavy atom. The number of hydrogen-bond acceptors (Lipinski definition) is 12. The highest BCUT2D eigenvalue weighted by Crippen LogP contribution is 2.30. The van der Waals surface area contributed by atoms with Gasteiger partial charge >= 0.3 is 0 Å². The number of hydrogen-bond donors (Lipinski definition) is 6. The van der Waals surface area contributed by atoms with Gasteiger partial charge in [-0.05, 0) is 97.3 Å². The number of aromatic amines is 2. The highest BCUT2D eigenvalue weighted by molar-refractivity contribution is 5.97. The molecule has 2 aromatic carbocycles. The predicted molar refractivity (Wildman–Crippen MR) is 236 cm³/mol. The molecule has 0 bridgehead atoms. The average molecular weight is 815 g/mol. The first-order chi connectivity index (χ1) is 29.5. The van der Waals surface area contributed by atoms with Crippen LogP contribution in [0.1, 0.15) is 43.1 Å². The first kappa shape index (κ1) is 41.0. The Morgan fingerprint density at radius 3 is 1.56 bits per heavy atom. The Labute approximate surface area is 349 Å². The van der Waals surface area contributed by atoms with Crippen LogP contribution in [0.3, 0.4) is 0 Å². The Morgan fingerprint density at radius 2 is 1.11 bits per heavy atom. The van der Waals surface area contributed by atoms with Gasteiger partial charge in [-0.15, -0.1) is 0 Å². The van der Waals surface area contributed by atoms with Gasteiger partial charge < -0.3 is 31.2 Å². The molecule has 0 fully saturated rings. The minimum absolute atomic E-state index is 0.0646. The Hall–Kier alpha value is -8.14. The second-order valence-electron chi connectivity index (χ2n) is 14.4. The number of benzene rings is 2. The Kier molecular flexibility index (Phi) is 12.2. The lowest BCUT2D eigenvalue weighted by atomic mass is 9.83. The van der Waals surface area contributed by atoms with Crippen LogP contribution < -0.4 is 32.4 Å². The molecular formula is C45H42N12O4. The summed E-state index contributed by atoms with van der Waals surface area (Å²) in [6, 6.07) is 21.8. The molecule has 0 spiro atoms. The van der Waals surface area contributed by atoms with E-state index in [0.717, 1.165) is 39.6 Å². The maximum absolute atomic E-state index is 12.5. The summed E-state index contributed by atoms with van der Waals surface area (Å²) in [6.45, 7) is 6.37. The van der Waals surface area contributed by atoms with Gasteiger partial charge in [0.2, 0.25) is 5.91 Å². The number of carbonyl (C=O) groups is 2. The van der Waals surface area contributed by atoms with E-state index < -0.39 is 5.41 Å². The number of rotatable bonds is 11. The lowest BCUT2D eigenvalue weighted by molar-refractivity contribution is -0.125. The standard InChI is InChI=1S/C23H22N6O2.C22H20N6O2/c1-23(2,22(31)24-3)16-4-6-17(7-5-16)28-20-19-14(8-9-27-21(19)30)10-18(29-20)15-11-25-13-26-12-15;1-2-8-25-21(29)14-3-5-17(6-4-14)27-20-19-15(7-9-26-22(19)30)10-18(28-20)16-11-23-13-24-12-16/h4-13H,1-3H3,(H,24,31)(H,27,30)(H,28,29);3-7,9-13H,2,8H2,1H3,(H,25,29)(H,26,30)(H,27,28). The van der Waals surface area contributed by atoms with E-state index >= 15 is 0 Å². The van der Waals surface area contributed by atoms with Crippen LogP contribution in [0.15, 0.2) is 132 Å². The van der Waals surface area contributed by atoms with Crippen molar-refractivity contribution in [1.82, 2.24) is 50.5 Å². The average Bonchev–Trinajstić information content (AvgIpc) is 3.29. The molecule has 0 aliphatic heterocycles. The van der Waals surface area contributed by atoms with Crippen LogP contribution in [0.2, 0.25) is 0 Å². The SMILES string of the molecule is CCCNC(=O)c1ccc(Nc2nc(-c3cncnc3)cc3cc[nH]c(=O)c23)cc1.CNC(=O)C(C)(C)c1ccc(Nc2nc(-c3cncnc3)cc3cc[nH]c(=O)c23)cc1. The maximum atomic E-state index is 12.5. The van der Waals surface area contributed by atoms with Crippen LogP contribution in [-0.4, -0.2) is 65.3 Å². The molecule has 0 saturated heterocycles. The van der Waals surface area contributed by atoms with E-state index in [4.69, 9.17) is 0 Å². The zero-order valence-corrected chi connectivity index (χ0v) is 33.8. The molecule has 6 aromatic heterocycles. The van der Waals surface area contributed by atoms with E-state index in [-0.39, 0.29) is 22.9 Å². The van der Waals surface area contributed by atoms with E-state index in [1.807, 2.05) is 69.3 Å². The normalized spacial score (nSPS) is 11.0. The predicted octanol–water partition coefficient (Wildman–Crippen LogP) is 6.41. The number of nitrogens with one attached hydrogen (secondary N) is 6. The molecule has 6 N–H and O–H groups in total.